The summed E-state index contributed by atoms with van der Waals surface area (Å²) in [7, 11) is 0. The van der Waals surface area contributed by atoms with E-state index in [1.165, 1.54) is 0 Å². The van der Waals surface area contributed by atoms with E-state index < -0.39 is 0 Å². The van der Waals surface area contributed by atoms with Gasteiger partial charge in [-0.05, 0) is 38.1 Å². The maximum atomic E-state index is 12.0. The number of aryl methyl sites for hydroxylation is 1. The number of aromatic nitrogens is 2. The van der Waals surface area contributed by atoms with Crippen LogP contribution < -0.4 is 15.5 Å². The molecule has 0 unspecified atom stereocenters. The minimum absolute atomic E-state index is 0.0344. The van der Waals surface area contributed by atoms with Gasteiger partial charge in [0.2, 0.25) is 5.43 Å². The van der Waals surface area contributed by atoms with Crippen LogP contribution in [0.3, 0.4) is 0 Å². The normalized spacial score (nSPS) is 11.0. The molecule has 0 saturated carbocycles. The standard InChI is InChI=1S/C17H23N3O2/c1-5-22-15-8-6-14(7-9-15)20-13(4)10-17(21)16(19-20)11-18-12(2)3/h6-10,12,18H,5,11H2,1-4H3. The Bertz CT molecular complexity index is 675. The lowest BCUT2D eigenvalue weighted by atomic mass is 10.2. The van der Waals surface area contributed by atoms with Crippen LogP contribution in [0.5, 0.6) is 5.75 Å². The molecule has 0 aliphatic carbocycles. The molecule has 0 radical (unpaired) electrons. The lowest BCUT2D eigenvalue weighted by Crippen LogP contribution is -2.28. The summed E-state index contributed by atoms with van der Waals surface area (Å²) < 4.78 is 7.23. The quantitative estimate of drug-likeness (QED) is 0.890. The van der Waals surface area contributed by atoms with Gasteiger partial charge in [0.05, 0.1) is 12.3 Å². The fourth-order valence-electron chi connectivity index (χ4n) is 2.12. The maximum Gasteiger partial charge on any atom is 0.204 e. The van der Waals surface area contributed by atoms with Crippen LogP contribution in [0, 0.1) is 6.92 Å². The smallest absolute Gasteiger partial charge is 0.204 e. The summed E-state index contributed by atoms with van der Waals surface area (Å²) in [6.45, 7) is 9.02. The highest BCUT2D eigenvalue weighted by Crippen LogP contribution is 2.15. The van der Waals surface area contributed by atoms with Crippen molar-refractivity contribution in [2.75, 3.05) is 6.61 Å². The molecule has 5 heteroatoms. The van der Waals surface area contributed by atoms with Crippen molar-refractivity contribution >= 4 is 0 Å². The minimum Gasteiger partial charge on any atom is -0.494 e. The van der Waals surface area contributed by atoms with Gasteiger partial charge in [0, 0.05) is 24.3 Å². The summed E-state index contributed by atoms with van der Waals surface area (Å²) in [4.78, 5) is 12.0. The summed E-state index contributed by atoms with van der Waals surface area (Å²) in [6.07, 6.45) is 0. The highest BCUT2D eigenvalue weighted by molar-refractivity contribution is 5.38. The zero-order valence-corrected chi connectivity index (χ0v) is 13.6. The van der Waals surface area contributed by atoms with Crippen LogP contribution in [0.4, 0.5) is 0 Å². The predicted molar refractivity (Wildman–Crippen MR) is 87.7 cm³/mol. The zero-order valence-electron chi connectivity index (χ0n) is 13.6. The van der Waals surface area contributed by atoms with Crippen molar-refractivity contribution < 1.29 is 4.74 Å². The molecule has 0 bridgehead atoms. The topological polar surface area (TPSA) is 56.1 Å². The number of rotatable bonds is 6. The molecule has 0 aliphatic heterocycles. The third-order valence-electron chi connectivity index (χ3n) is 3.25. The van der Waals surface area contributed by atoms with E-state index in [0.29, 0.717) is 24.9 Å². The van der Waals surface area contributed by atoms with E-state index in [1.54, 1.807) is 10.7 Å². The second-order valence-corrected chi connectivity index (χ2v) is 5.47. The Kier molecular flexibility index (Phi) is 5.33. The molecule has 1 aromatic carbocycles. The molecule has 1 heterocycles. The maximum absolute atomic E-state index is 12.0. The first-order chi connectivity index (χ1) is 10.5. The highest BCUT2D eigenvalue weighted by atomic mass is 16.5. The lowest BCUT2D eigenvalue weighted by molar-refractivity contribution is 0.340. The Morgan fingerprint density at radius 1 is 1.27 bits per heavy atom. The molecule has 0 atom stereocenters. The van der Waals surface area contributed by atoms with Gasteiger partial charge in [-0.1, -0.05) is 13.8 Å². The molecule has 2 aromatic rings. The molecule has 2 rings (SSSR count). The van der Waals surface area contributed by atoms with Crippen molar-refractivity contribution in [2.45, 2.75) is 40.3 Å². The lowest BCUT2D eigenvalue weighted by Gasteiger charge is -2.13. The van der Waals surface area contributed by atoms with Crippen molar-refractivity contribution in [3.8, 4) is 11.4 Å². The van der Waals surface area contributed by atoms with Gasteiger partial charge in [-0.15, -0.1) is 0 Å². The van der Waals surface area contributed by atoms with E-state index in [1.807, 2.05) is 52.0 Å². The van der Waals surface area contributed by atoms with E-state index in [-0.39, 0.29) is 5.43 Å². The summed E-state index contributed by atoms with van der Waals surface area (Å²) in [6, 6.07) is 9.63. The van der Waals surface area contributed by atoms with Crippen LogP contribution in [-0.4, -0.2) is 22.4 Å². The third kappa shape index (κ3) is 3.95. The van der Waals surface area contributed by atoms with Crippen molar-refractivity contribution in [2.24, 2.45) is 0 Å². The second kappa shape index (κ2) is 7.22. The van der Waals surface area contributed by atoms with Gasteiger partial charge in [0.25, 0.3) is 0 Å². The van der Waals surface area contributed by atoms with Gasteiger partial charge >= 0.3 is 0 Å². The first-order valence-corrected chi connectivity index (χ1v) is 7.57. The number of hydrogen-bond donors (Lipinski definition) is 1. The molecule has 1 N–H and O–H groups in total. The largest absolute Gasteiger partial charge is 0.494 e. The zero-order chi connectivity index (χ0) is 16.1. The second-order valence-electron chi connectivity index (χ2n) is 5.47. The Hall–Kier alpha value is -2.14. The van der Waals surface area contributed by atoms with E-state index in [2.05, 4.69) is 10.4 Å². The molecule has 0 saturated heterocycles. The third-order valence-corrected chi connectivity index (χ3v) is 3.25. The van der Waals surface area contributed by atoms with Crippen molar-refractivity contribution in [1.29, 1.82) is 0 Å². The molecule has 0 aliphatic rings. The van der Waals surface area contributed by atoms with Crippen LogP contribution in [0.2, 0.25) is 0 Å². The van der Waals surface area contributed by atoms with Gasteiger partial charge in [0.1, 0.15) is 11.4 Å². The van der Waals surface area contributed by atoms with Gasteiger partial charge in [0.15, 0.2) is 0 Å². The summed E-state index contributed by atoms with van der Waals surface area (Å²) in [5.41, 5.74) is 2.20. The fraction of sp³-hybridized carbons (Fsp3) is 0.412. The molecule has 22 heavy (non-hydrogen) atoms. The Labute approximate surface area is 130 Å². The van der Waals surface area contributed by atoms with Crippen LogP contribution in [0.1, 0.15) is 32.2 Å². The highest BCUT2D eigenvalue weighted by Gasteiger charge is 2.08. The number of nitrogens with zero attached hydrogens (tertiary/aromatic N) is 2. The number of nitrogens with one attached hydrogen (secondary N) is 1. The molecule has 118 valence electrons. The summed E-state index contributed by atoms with van der Waals surface area (Å²) >= 11 is 0. The van der Waals surface area contributed by atoms with Gasteiger partial charge in [-0.2, -0.15) is 5.10 Å². The van der Waals surface area contributed by atoms with Crippen LogP contribution in [0.25, 0.3) is 5.69 Å². The van der Waals surface area contributed by atoms with Crippen LogP contribution in [0.15, 0.2) is 35.1 Å². The van der Waals surface area contributed by atoms with E-state index in [4.69, 9.17) is 4.74 Å². The fourth-order valence-corrected chi connectivity index (χ4v) is 2.12. The molecule has 0 amide bonds. The SMILES string of the molecule is CCOc1ccc(-n2nc(CNC(C)C)c(=O)cc2C)cc1. The van der Waals surface area contributed by atoms with E-state index in [0.717, 1.165) is 17.1 Å². The Morgan fingerprint density at radius 2 is 1.95 bits per heavy atom. The van der Waals surface area contributed by atoms with Crippen molar-refractivity contribution in [3.63, 3.8) is 0 Å². The van der Waals surface area contributed by atoms with Gasteiger partial charge < -0.3 is 10.1 Å². The molecule has 0 spiro atoms. The average Bonchev–Trinajstić information content (AvgIpc) is 2.47. The predicted octanol–water partition coefficient (Wildman–Crippen LogP) is 2.44. The van der Waals surface area contributed by atoms with Crippen molar-refractivity contribution in [1.82, 2.24) is 15.1 Å². The van der Waals surface area contributed by atoms with Crippen LogP contribution >= 0.6 is 0 Å². The van der Waals surface area contributed by atoms with Gasteiger partial charge in [-0.3, -0.25) is 4.79 Å². The Morgan fingerprint density at radius 3 is 2.55 bits per heavy atom. The monoisotopic (exact) mass is 301 g/mol. The summed E-state index contributed by atoms with van der Waals surface area (Å²) in [5, 5.41) is 7.72. The molecule has 1 aromatic heterocycles. The molecular formula is C17H23N3O2. The number of benzene rings is 1. The molecular weight excluding hydrogens is 278 g/mol. The summed E-state index contributed by atoms with van der Waals surface area (Å²) in [5.74, 6) is 0.826. The molecule has 0 fully saturated rings. The first kappa shape index (κ1) is 16.2. The Balaban J connectivity index is 2.33. The molecule has 5 nitrogen and oxygen atoms in total. The minimum atomic E-state index is -0.0344. The van der Waals surface area contributed by atoms with E-state index in [9.17, 15) is 4.79 Å². The average molecular weight is 301 g/mol. The van der Waals surface area contributed by atoms with Gasteiger partial charge in [-0.25, -0.2) is 4.68 Å². The van der Waals surface area contributed by atoms with Crippen LogP contribution in [-0.2, 0) is 6.54 Å². The number of hydrogen-bond acceptors (Lipinski definition) is 4. The van der Waals surface area contributed by atoms with Crippen molar-refractivity contribution in [3.05, 3.63) is 51.9 Å². The van der Waals surface area contributed by atoms with E-state index >= 15 is 0 Å². The first-order valence-electron chi connectivity index (χ1n) is 7.57. The number of ether oxygens (including phenoxy) is 1.